The molecule has 4 heterocycles. The van der Waals surface area contributed by atoms with Gasteiger partial charge in [-0.2, -0.15) is 4.37 Å². The minimum Gasteiger partial charge on any atom is -0.342 e. The number of rotatable bonds is 5. The van der Waals surface area contributed by atoms with Gasteiger partial charge in [0, 0.05) is 11.6 Å². The fourth-order valence-electron chi connectivity index (χ4n) is 4.59. The Bertz CT molecular complexity index is 1770. The Labute approximate surface area is 225 Å². The van der Waals surface area contributed by atoms with Gasteiger partial charge in [0.25, 0.3) is 11.8 Å². The summed E-state index contributed by atoms with van der Waals surface area (Å²) in [5.74, 6) is -2.06. The molecule has 0 radical (unpaired) electrons. The quantitative estimate of drug-likeness (QED) is 0.308. The zero-order valence-corrected chi connectivity index (χ0v) is 21.3. The molecular weight excluding hydrogens is 521 g/mol. The van der Waals surface area contributed by atoms with Gasteiger partial charge in [-0.1, -0.05) is 24.3 Å². The Morgan fingerprint density at radius 2 is 1.95 bits per heavy atom. The van der Waals surface area contributed by atoms with Crippen molar-refractivity contribution in [1.82, 2.24) is 24.2 Å². The number of benzene rings is 2. The number of hydrogen-bond acceptors (Lipinski definition) is 7. The van der Waals surface area contributed by atoms with Gasteiger partial charge in [-0.3, -0.25) is 19.4 Å². The van der Waals surface area contributed by atoms with E-state index < -0.39 is 29.6 Å². The van der Waals surface area contributed by atoms with Crippen molar-refractivity contribution in [2.75, 3.05) is 10.6 Å². The van der Waals surface area contributed by atoms with E-state index in [2.05, 4.69) is 30.3 Å². The lowest BCUT2D eigenvalue weighted by atomic mass is 9.96. The minimum absolute atomic E-state index is 0.0575. The SMILES string of the molecule is Cc1ccc(F)cc1C1NC(=O)Cn2c(C(=O)Nc3cccnc3)nc(NC(=O)c3nsc4ccccc34)c21. The molecule has 0 spiro atoms. The number of anilines is 2. The average Bonchev–Trinajstić information content (AvgIpc) is 3.52. The lowest BCUT2D eigenvalue weighted by molar-refractivity contribution is -0.123. The van der Waals surface area contributed by atoms with E-state index in [0.29, 0.717) is 27.9 Å². The van der Waals surface area contributed by atoms with Gasteiger partial charge in [0.2, 0.25) is 11.7 Å². The number of fused-ring (bicyclic) bond motifs is 2. The number of pyridine rings is 1. The number of nitrogens with one attached hydrogen (secondary N) is 3. The predicted molar refractivity (Wildman–Crippen MR) is 143 cm³/mol. The summed E-state index contributed by atoms with van der Waals surface area (Å²) in [5.41, 5.74) is 2.15. The van der Waals surface area contributed by atoms with Crippen molar-refractivity contribution < 1.29 is 18.8 Å². The van der Waals surface area contributed by atoms with Crippen LogP contribution in [0.4, 0.5) is 15.9 Å². The minimum atomic E-state index is -0.878. The predicted octanol–water partition coefficient (Wildman–Crippen LogP) is 4.06. The number of nitrogens with zero attached hydrogens (tertiary/aromatic N) is 4. The number of aryl methyl sites for hydroxylation is 1. The van der Waals surface area contributed by atoms with E-state index in [1.807, 2.05) is 18.2 Å². The summed E-state index contributed by atoms with van der Waals surface area (Å²) in [6.07, 6.45) is 3.04. The third-order valence-electron chi connectivity index (χ3n) is 6.39. The van der Waals surface area contributed by atoms with E-state index in [-0.39, 0.29) is 23.9 Å². The number of carbonyl (C=O) groups is 3. The zero-order valence-electron chi connectivity index (χ0n) is 20.4. The summed E-state index contributed by atoms with van der Waals surface area (Å²) in [6, 6.07) is 14.0. The van der Waals surface area contributed by atoms with Gasteiger partial charge in [0.05, 0.1) is 28.3 Å². The molecule has 3 aromatic heterocycles. The molecule has 0 fully saturated rings. The number of halogens is 1. The highest BCUT2D eigenvalue weighted by Crippen LogP contribution is 2.35. The van der Waals surface area contributed by atoms with Gasteiger partial charge in [0.15, 0.2) is 5.82 Å². The lowest BCUT2D eigenvalue weighted by Gasteiger charge is -2.28. The van der Waals surface area contributed by atoms with Crippen LogP contribution >= 0.6 is 11.5 Å². The molecule has 1 aliphatic heterocycles. The van der Waals surface area contributed by atoms with E-state index in [4.69, 9.17) is 0 Å². The van der Waals surface area contributed by atoms with Gasteiger partial charge in [0.1, 0.15) is 18.1 Å². The Hall–Kier alpha value is -4.97. The molecule has 1 atom stereocenters. The number of amides is 3. The number of imidazole rings is 1. The van der Waals surface area contributed by atoms with E-state index in [1.165, 1.54) is 34.4 Å². The maximum Gasteiger partial charge on any atom is 0.291 e. The van der Waals surface area contributed by atoms with Crippen LogP contribution in [-0.2, 0) is 11.3 Å². The molecule has 0 aliphatic carbocycles. The van der Waals surface area contributed by atoms with Crippen LogP contribution in [0.3, 0.4) is 0 Å². The fraction of sp³-hybridized carbons (Fsp3) is 0.111. The summed E-state index contributed by atoms with van der Waals surface area (Å²) >= 11 is 1.19. The van der Waals surface area contributed by atoms with Gasteiger partial charge < -0.3 is 20.5 Å². The largest absolute Gasteiger partial charge is 0.342 e. The van der Waals surface area contributed by atoms with Crippen LogP contribution in [0.1, 0.15) is 44.0 Å². The molecule has 194 valence electrons. The first-order valence-electron chi connectivity index (χ1n) is 11.9. The molecule has 6 rings (SSSR count). The molecule has 0 saturated heterocycles. The van der Waals surface area contributed by atoms with Crippen LogP contribution in [0, 0.1) is 12.7 Å². The van der Waals surface area contributed by atoms with Crippen molar-refractivity contribution in [3.05, 3.63) is 101 Å². The van der Waals surface area contributed by atoms with Crippen molar-refractivity contribution in [3.63, 3.8) is 0 Å². The molecule has 0 saturated carbocycles. The normalized spacial score (nSPS) is 14.5. The van der Waals surface area contributed by atoms with Crippen LogP contribution in [0.25, 0.3) is 10.1 Å². The van der Waals surface area contributed by atoms with Crippen LogP contribution in [0.15, 0.2) is 67.0 Å². The van der Waals surface area contributed by atoms with Crippen LogP contribution < -0.4 is 16.0 Å². The summed E-state index contributed by atoms with van der Waals surface area (Å²) in [5, 5.41) is 9.04. The third-order valence-corrected chi connectivity index (χ3v) is 7.21. The molecule has 1 unspecified atom stereocenters. The highest BCUT2D eigenvalue weighted by Gasteiger charge is 2.36. The van der Waals surface area contributed by atoms with Gasteiger partial charge in [-0.05, 0) is 59.9 Å². The first-order valence-corrected chi connectivity index (χ1v) is 12.7. The molecular formula is C27H20FN7O3S. The van der Waals surface area contributed by atoms with Crippen LogP contribution in [-0.4, -0.2) is 36.6 Å². The van der Waals surface area contributed by atoms with Crippen LogP contribution in [0.2, 0.25) is 0 Å². The van der Waals surface area contributed by atoms with Crippen molar-refractivity contribution in [2.24, 2.45) is 0 Å². The van der Waals surface area contributed by atoms with Crippen LogP contribution in [0.5, 0.6) is 0 Å². The Morgan fingerprint density at radius 1 is 1.10 bits per heavy atom. The maximum atomic E-state index is 14.3. The lowest BCUT2D eigenvalue weighted by Crippen LogP contribution is -2.40. The molecule has 5 aromatic rings. The summed E-state index contributed by atoms with van der Waals surface area (Å²) in [7, 11) is 0. The Kier molecular flexibility index (Phi) is 6.08. The second-order valence-corrected chi connectivity index (χ2v) is 9.74. The maximum absolute atomic E-state index is 14.3. The second kappa shape index (κ2) is 9.72. The third kappa shape index (κ3) is 4.50. The molecule has 1 aliphatic rings. The monoisotopic (exact) mass is 541 g/mol. The topological polar surface area (TPSA) is 131 Å². The molecule has 3 amide bonds. The van der Waals surface area contributed by atoms with Gasteiger partial charge in [-0.25, -0.2) is 9.37 Å². The van der Waals surface area contributed by atoms with Crippen molar-refractivity contribution in [1.29, 1.82) is 0 Å². The van der Waals surface area contributed by atoms with E-state index in [1.54, 1.807) is 37.4 Å². The summed E-state index contributed by atoms with van der Waals surface area (Å²) in [4.78, 5) is 48.0. The summed E-state index contributed by atoms with van der Waals surface area (Å²) in [6.45, 7) is 1.56. The fourth-order valence-corrected chi connectivity index (χ4v) is 5.36. The molecule has 39 heavy (non-hydrogen) atoms. The number of carbonyl (C=O) groups excluding carboxylic acids is 3. The zero-order chi connectivity index (χ0) is 27.1. The van der Waals surface area contributed by atoms with Crippen molar-refractivity contribution in [3.8, 4) is 0 Å². The highest BCUT2D eigenvalue weighted by atomic mass is 32.1. The van der Waals surface area contributed by atoms with Crippen molar-refractivity contribution in [2.45, 2.75) is 19.5 Å². The van der Waals surface area contributed by atoms with E-state index >= 15 is 0 Å². The van der Waals surface area contributed by atoms with E-state index in [0.717, 1.165) is 4.70 Å². The first-order chi connectivity index (χ1) is 18.9. The molecule has 12 heteroatoms. The average molecular weight is 542 g/mol. The second-order valence-electron chi connectivity index (χ2n) is 8.93. The molecule has 3 N–H and O–H groups in total. The molecule has 10 nitrogen and oxygen atoms in total. The Balaban J connectivity index is 1.47. The number of aromatic nitrogens is 4. The van der Waals surface area contributed by atoms with Crippen molar-refractivity contribution >= 4 is 50.8 Å². The Morgan fingerprint density at radius 3 is 2.77 bits per heavy atom. The molecule has 2 aromatic carbocycles. The molecule has 0 bridgehead atoms. The summed E-state index contributed by atoms with van der Waals surface area (Å²) < 4.78 is 20.9. The first kappa shape index (κ1) is 24.4. The smallest absolute Gasteiger partial charge is 0.291 e. The van der Waals surface area contributed by atoms with Gasteiger partial charge >= 0.3 is 0 Å². The van der Waals surface area contributed by atoms with E-state index in [9.17, 15) is 18.8 Å². The highest BCUT2D eigenvalue weighted by molar-refractivity contribution is 7.13. The number of hydrogen-bond donors (Lipinski definition) is 3. The standard InChI is InChI=1S/C27H20FN7O3S/c1-14-8-9-15(28)11-18(14)21-23-24(33-26(37)22-17-6-2-3-7-19(17)39-34-22)32-25(35(23)13-20(36)31-21)27(38)30-16-5-4-10-29-12-16/h2-12,21H,13H2,1H3,(H,30,38)(H,31,36)(H,33,37). The van der Waals surface area contributed by atoms with Gasteiger partial charge in [-0.15, -0.1) is 0 Å².